The highest BCUT2D eigenvalue weighted by molar-refractivity contribution is 6.66. The summed E-state index contributed by atoms with van der Waals surface area (Å²) in [5.74, 6) is 0. The number of rotatable bonds is 3. The molecule has 16 heavy (non-hydrogen) atoms. The lowest BCUT2D eigenvalue weighted by atomic mass is 9.36. The summed E-state index contributed by atoms with van der Waals surface area (Å²) >= 11 is 0. The summed E-state index contributed by atoms with van der Waals surface area (Å²) in [6.07, 6.45) is 6.01. The zero-order valence-corrected chi connectivity index (χ0v) is 12.1. The van der Waals surface area contributed by atoms with Crippen molar-refractivity contribution in [1.29, 1.82) is 0 Å². The van der Waals surface area contributed by atoms with Gasteiger partial charge in [-0.25, -0.2) is 0 Å². The van der Waals surface area contributed by atoms with Crippen molar-refractivity contribution in [3.63, 3.8) is 0 Å². The first-order valence-electron chi connectivity index (χ1n) is 6.79. The fourth-order valence-electron chi connectivity index (χ4n) is 2.19. The van der Waals surface area contributed by atoms with Crippen LogP contribution in [0.25, 0.3) is 0 Å². The molecule has 0 saturated heterocycles. The molecule has 0 N–H and O–H groups in total. The second-order valence-electron chi connectivity index (χ2n) is 5.47. The first kappa shape index (κ1) is 15.8. The molecular weight excluding hydrogens is 195 g/mol. The SMILES string of the molecule is CC.CCB(CC(C)(C)C)C1=CCOCC1. The summed E-state index contributed by atoms with van der Waals surface area (Å²) < 4.78 is 5.35. The molecule has 1 nitrogen and oxygen atoms in total. The Morgan fingerprint density at radius 1 is 1.31 bits per heavy atom. The van der Waals surface area contributed by atoms with E-state index in [1.165, 1.54) is 12.6 Å². The minimum atomic E-state index is 0.444. The van der Waals surface area contributed by atoms with E-state index in [2.05, 4.69) is 33.8 Å². The summed E-state index contributed by atoms with van der Waals surface area (Å²) in [6, 6.07) is 0. The predicted octanol–water partition coefficient (Wildman–Crippen LogP) is 4.46. The van der Waals surface area contributed by atoms with Gasteiger partial charge in [-0.05, 0) is 11.8 Å². The molecule has 0 amide bonds. The lowest BCUT2D eigenvalue weighted by Crippen LogP contribution is -2.25. The van der Waals surface area contributed by atoms with Crippen LogP contribution >= 0.6 is 0 Å². The number of hydrogen-bond donors (Lipinski definition) is 0. The predicted molar refractivity (Wildman–Crippen MR) is 75.4 cm³/mol. The van der Waals surface area contributed by atoms with Crippen LogP contribution in [0, 0.1) is 5.41 Å². The maximum absolute atomic E-state index is 5.35. The van der Waals surface area contributed by atoms with Crippen molar-refractivity contribution < 1.29 is 4.74 Å². The Bertz CT molecular complexity index is 203. The van der Waals surface area contributed by atoms with E-state index in [0.29, 0.717) is 5.41 Å². The van der Waals surface area contributed by atoms with Crippen LogP contribution < -0.4 is 0 Å². The first-order valence-corrected chi connectivity index (χ1v) is 6.79. The van der Waals surface area contributed by atoms with E-state index < -0.39 is 0 Å². The summed E-state index contributed by atoms with van der Waals surface area (Å²) in [4.78, 5) is 0. The fourth-order valence-corrected chi connectivity index (χ4v) is 2.19. The third kappa shape index (κ3) is 6.37. The van der Waals surface area contributed by atoms with Crippen molar-refractivity contribution >= 4 is 6.71 Å². The maximum atomic E-state index is 5.35. The number of ether oxygens (including phenoxy) is 1. The molecule has 1 heterocycles. The molecule has 0 unspecified atom stereocenters. The zero-order valence-electron chi connectivity index (χ0n) is 12.1. The van der Waals surface area contributed by atoms with Crippen LogP contribution in [0.1, 0.15) is 48.0 Å². The van der Waals surface area contributed by atoms with Crippen LogP contribution in [0.15, 0.2) is 11.5 Å². The van der Waals surface area contributed by atoms with Crippen molar-refractivity contribution in [2.75, 3.05) is 13.2 Å². The lowest BCUT2D eigenvalue weighted by molar-refractivity contribution is 0.156. The molecule has 94 valence electrons. The zero-order chi connectivity index (χ0) is 12.6. The molecule has 1 aliphatic heterocycles. The fraction of sp³-hybridized carbons (Fsp3) is 0.857. The second kappa shape index (κ2) is 7.94. The van der Waals surface area contributed by atoms with E-state index in [1.54, 1.807) is 5.47 Å². The molecule has 0 bridgehead atoms. The highest BCUT2D eigenvalue weighted by Gasteiger charge is 2.24. The van der Waals surface area contributed by atoms with Crippen molar-refractivity contribution in [2.24, 2.45) is 5.41 Å². The van der Waals surface area contributed by atoms with Gasteiger partial charge in [-0.1, -0.05) is 60.3 Å². The van der Waals surface area contributed by atoms with E-state index in [4.69, 9.17) is 4.74 Å². The minimum absolute atomic E-state index is 0.444. The average Bonchev–Trinajstić information content (AvgIpc) is 2.29. The molecule has 0 radical (unpaired) electrons. The molecule has 0 aromatic heterocycles. The van der Waals surface area contributed by atoms with Crippen molar-refractivity contribution in [1.82, 2.24) is 0 Å². The Balaban J connectivity index is 0.00000106. The third-order valence-corrected chi connectivity index (χ3v) is 2.87. The molecular formula is C14H29BO. The average molecular weight is 224 g/mol. The molecule has 0 aliphatic carbocycles. The maximum Gasteiger partial charge on any atom is 0.170 e. The monoisotopic (exact) mass is 224 g/mol. The Labute approximate surface area is 103 Å². The molecule has 1 rings (SSSR count). The van der Waals surface area contributed by atoms with Crippen molar-refractivity contribution in [3.8, 4) is 0 Å². The molecule has 0 saturated carbocycles. The third-order valence-electron chi connectivity index (χ3n) is 2.87. The molecule has 0 aromatic rings. The smallest absolute Gasteiger partial charge is 0.170 e. The second-order valence-corrected chi connectivity index (χ2v) is 5.47. The summed E-state index contributed by atoms with van der Waals surface area (Å²) in [5.41, 5.74) is 2.08. The molecule has 2 heteroatoms. The molecule has 0 atom stereocenters. The molecule has 0 aromatic carbocycles. The van der Waals surface area contributed by atoms with Crippen LogP contribution in [-0.2, 0) is 4.74 Å². The van der Waals surface area contributed by atoms with E-state index >= 15 is 0 Å². The van der Waals surface area contributed by atoms with Crippen LogP contribution in [0.5, 0.6) is 0 Å². The highest BCUT2D eigenvalue weighted by atomic mass is 16.5. The Morgan fingerprint density at radius 3 is 2.31 bits per heavy atom. The topological polar surface area (TPSA) is 9.23 Å². The van der Waals surface area contributed by atoms with E-state index in [1.807, 2.05) is 13.8 Å². The van der Waals surface area contributed by atoms with Gasteiger partial charge < -0.3 is 4.74 Å². The van der Waals surface area contributed by atoms with Gasteiger partial charge in [-0.2, -0.15) is 0 Å². The Morgan fingerprint density at radius 2 is 1.94 bits per heavy atom. The van der Waals surface area contributed by atoms with Gasteiger partial charge in [0.15, 0.2) is 6.71 Å². The first-order chi connectivity index (χ1) is 7.53. The van der Waals surface area contributed by atoms with E-state index in [-0.39, 0.29) is 0 Å². The van der Waals surface area contributed by atoms with E-state index in [9.17, 15) is 0 Å². The summed E-state index contributed by atoms with van der Waals surface area (Å²) in [6.45, 7) is 15.8. The highest BCUT2D eigenvalue weighted by Crippen LogP contribution is 2.28. The molecule has 0 spiro atoms. The van der Waals surface area contributed by atoms with Crippen LogP contribution in [0.2, 0.25) is 12.6 Å². The number of hydrogen-bond acceptors (Lipinski definition) is 1. The van der Waals surface area contributed by atoms with E-state index in [0.717, 1.165) is 26.3 Å². The lowest BCUT2D eigenvalue weighted by Gasteiger charge is -2.26. The van der Waals surface area contributed by atoms with Crippen molar-refractivity contribution in [3.05, 3.63) is 11.5 Å². The van der Waals surface area contributed by atoms with Gasteiger partial charge in [-0.15, -0.1) is 5.47 Å². The minimum Gasteiger partial charge on any atom is -0.377 e. The standard InChI is InChI=1S/C12H23BO.C2H6/c1-5-13(10-12(2,3)4)11-6-8-14-9-7-11;1-2/h6H,5,7-10H2,1-4H3;1-2H3. The van der Waals surface area contributed by atoms with Crippen LogP contribution in [0.3, 0.4) is 0 Å². The van der Waals surface area contributed by atoms with Gasteiger partial charge in [0.2, 0.25) is 0 Å². The largest absolute Gasteiger partial charge is 0.377 e. The van der Waals surface area contributed by atoms with Gasteiger partial charge in [0, 0.05) is 6.61 Å². The summed E-state index contributed by atoms with van der Waals surface area (Å²) in [5, 5.41) is 0. The van der Waals surface area contributed by atoms with Gasteiger partial charge in [0.25, 0.3) is 0 Å². The Kier molecular flexibility index (Phi) is 7.83. The van der Waals surface area contributed by atoms with Gasteiger partial charge in [0.05, 0.1) is 6.61 Å². The molecule has 1 aliphatic rings. The van der Waals surface area contributed by atoms with Gasteiger partial charge in [0.1, 0.15) is 0 Å². The van der Waals surface area contributed by atoms with Crippen LogP contribution in [-0.4, -0.2) is 19.9 Å². The molecule has 0 fully saturated rings. The van der Waals surface area contributed by atoms with Crippen molar-refractivity contribution in [2.45, 2.75) is 60.6 Å². The van der Waals surface area contributed by atoms with Gasteiger partial charge >= 0.3 is 0 Å². The normalized spacial score (nSPS) is 16.0. The quantitative estimate of drug-likeness (QED) is 0.643. The van der Waals surface area contributed by atoms with Gasteiger partial charge in [-0.3, -0.25) is 0 Å². The van der Waals surface area contributed by atoms with Crippen LogP contribution in [0.4, 0.5) is 0 Å². The summed E-state index contributed by atoms with van der Waals surface area (Å²) in [7, 11) is 0. The Hall–Kier alpha value is -0.235.